The molecular weight excluding hydrogens is 911 g/mol. The molecule has 9 heteroatoms. The van der Waals surface area contributed by atoms with Gasteiger partial charge in [0, 0.05) is 12.8 Å². The molecule has 0 aliphatic rings. The third-order valence-corrected chi connectivity index (χ3v) is 13.9. The van der Waals surface area contributed by atoms with Crippen LogP contribution in [0.15, 0.2) is 36.5 Å². The van der Waals surface area contributed by atoms with Crippen LogP contribution < -0.4 is 0 Å². The maximum Gasteiger partial charge on any atom is 0.361 e. The molecule has 0 heterocycles. The fourth-order valence-corrected chi connectivity index (χ4v) is 9.08. The molecule has 1 N–H and O–H groups in total. The lowest BCUT2D eigenvalue weighted by atomic mass is 10.0. The summed E-state index contributed by atoms with van der Waals surface area (Å²) in [5.74, 6) is -2.00. The third kappa shape index (κ3) is 57.1. The fourth-order valence-electron chi connectivity index (χ4n) is 9.08. The highest BCUT2D eigenvalue weighted by Crippen LogP contribution is 2.17. The molecule has 0 aromatic rings. The van der Waals surface area contributed by atoms with Gasteiger partial charge in [0.25, 0.3) is 6.29 Å². The first-order valence-electron chi connectivity index (χ1n) is 31.2. The number of unbranched alkanes of at least 4 members (excludes halogenated alkanes) is 37. The van der Waals surface area contributed by atoms with Crippen LogP contribution in [0.25, 0.3) is 0 Å². The van der Waals surface area contributed by atoms with Crippen LogP contribution in [0.1, 0.15) is 296 Å². The van der Waals surface area contributed by atoms with Crippen LogP contribution in [-0.2, 0) is 33.3 Å². The number of likely N-dealkylation sites (N-methyl/N-ethyl adjacent to an activating group) is 1. The Morgan fingerprint density at radius 3 is 1.10 bits per heavy atom. The Morgan fingerprint density at radius 1 is 0.411 bits per heavy atom. The molecule has 9 nitrogen and oxygen atoms in total. The molecule has 0 radical (unpaired) electrons. The third-order valence-electron chi connectivity index (χ3n) is 13.9. The Labute approximate surface area is 451 Å². The summed E-state index contributed by atoms with van der Waals surface area (Å²) >= 11 is 0. The molecule has 0 aromatic heterocycles. The molecule has 0 spiro atoms. The minimum Gasteiger partial charge on any atom is -0.477 e. The van der Waals surface area contributed by atoms with Gasteiger partial charge in [-0.1, -0.05) is 269 Å². The summed E-state index contributed by atoms with van der Waals surface area (Å²) in [7, 11) is 5.98. The minimum absolute atomic E-state index is 0.181. The second-order valence-corrected chi connectivity index (χ2v) is 22.4. The molecule has 73 heavy (non-hydrogen) atoms. The van der Waals surface area contributed by atoms with Crippen LogP contribution in [0, 0.1) is 0 Å². The van der Waals surface area contributed by atoms with Gasteiger partial charge in [0.2, 0.25) is 0 Å². The van der Waals surface area contributed by atoms with Crippen molar-refractivity contribution < 1.29 is 42.9 Å². The number of quaternary nitrogens is 1. The Balaban J connectivity index is 4.19. The van der Waals surface area contributed by atoms with Crippen LogP contribution >= 0.6 is 0 Å². The number of hydrogen-bond donors (Lipinski definition) is 1. The van der Waals surface area contributed by atoms with E-state index in [0.717, 1.165) is 57.8 Å². The van der Waals surface area contributed by atoms with Crippen molar-refractivity contribution in [2.45, 2.75) is 309 Å². The summed E-state index contributed by atoms with van der Waals surface area (Å²) in [6, 6.07) is 0. The summed E-state index contributed by atoms with van der Waals surface area (Å²) < 4.78 is 22.9. The molecule has 2 unspecified atom stereocenters. The zero-order chi connectivity index (χ0) is 53.4. The molecule has 0 saturated carbocycles. The largest absolute Gasteiger partial charge is 0.477 e. The number of esters is 2. The Kier molecular flexibility index (Phi) is 53.8. The van der Waals surface area contributed by atoms with Gasteiger partial charge in [0.05, 0.1) is 34.4 Å². The summed E-state index contributed by atoms with van der Waals surface area (Å²) in [6.07, 6.45) is 65.1. The number of carboxylic acids is 1. The number of nitrogens with zero attached hydrogens (tertiary/aromatic N) is 1. The van der Waals surface area contributed by atoms with E-state index < -0.39 is 24.3 Å². The monoisotopic (exact) mass is 1030 g/mol. The molecule has 0 bridgehead atoms. The zero-order valence-electron chi connectivity index (χ0n) is 48.8. The summed E-state index contributed by atoms with van der Waals surface area (Å²) in [4.78, 5) is 37.5. The average Bonchev–Trinajstić information content (AvgIpc) is 3.36. The van der Waals surface area contributed by atoms with E-state index in [1.165, 1.54) is 205 Å². The first-order chi connectivity index (χ1) is 35.6. The molecule has 0 aliphatic carbocycles. The van der Waals surface area contributed by atoms with E-state index in [2.05, 4.69) is 50.3 Å². The Hall–Kier alpha value is -2.49. The Morgan fingerprint density at radius 2 is 0.740 bits per heavy atom. The number of carbonyl (C=O) groups excluding carboxylic acids is 2. The van der Waals surface area contributed by atoms with Crippen LogP contribution in [-0.4, -0.2) is 87.4 Å². The predicted molar refractivity (Wildman–Crippen MR) is 309 cm³/mol. The lowest BCUT2D eigenvalue weighted by Crippen LogP contribution is -2.40. The average molecular weight is 1030 g/mol. The van der Waals surface area contributed by atoms with Crippen molar-refractivity contribution in [1.82, 2.24) is 0 Å². The number of hydrogen-bond acceptors (Lipinski definition) is 7. The maximum absolute atomic E-state index is 12.9. The predicted octanol–water partition coefficient (Wildman–Crippen LogP) is 18.5. The van der Waals surface area contributed by atoms with Gasteiger partial charge in [0.15, 0.2) is 6.10 Å². The Bertz CT molecular complexity index is 1290. The summed E-state index contributed by atoms with van der Waals surface area (Å²) in [5, 5.41) is 9.72. The molecular formula is C64H120NO8+. The summed E-state index contributed by atoms with van der Waals surface area (Å²) in [6.45, 7) is 4.91. The highest BCUT2D eigenvalue weighted by atomic mass is 16.7. The molecule has 0 amide bonds. The van der Waals surface area contributed by atoms with E-state index >= 15 is 0 Å². The molecule has 428 valence electrons. The van der Waals surface area contributed by atoms with Gasteiger partial charge in [-0.25, -0.2) is 4.79 Å². The van der Waals surface area contributed by atoms with E-state index in [1.54, 1.807) is 0 Å². The number of ether oxygens (including phenoxy) is 4. The minimum atomic E-state index is -1.51. The van der Waals surface area contributed by atoms with Gasteiger partial charge < -0.3 is 28.5 Å². The lowest BCUT2D eigenvalue weighted by Gasteiger charge is -2.25. The molecule has 2 atom stereocenters. The van der Waals surface area contributed by atoms with Crippen LogP contribution in [0.2, 0.25) is 0 Å². The second kappa shape index (κ2) is 55.7. The molecule has 0 saturated heterocycles. The van der Waals surface area contributed by atoms with Crippen LogP contribution in [0.5, 0.6) is 0 Å². The van der Waals surface area contributed by atoms with Crippen molar-refractivity contribution >= 4 is 17.9 Å². The van der Waals surface area contributed by atoms with Crippen molar-refractivity contribution in [2.24, 2.45) is 0 Å². The van der Waals surface area contributed by atoms with E-state index in [1.807, 2.05) is 21.1 Å². The van der Waals surface area contributed by atoms with Crippen molar-refractivity contribution in [1.29, 1.82) is 0 Å². The van der Waals surface area contributed by atoms with Gasteiger partial charge >= 0.3 is 17.9 Å². The van der Waals surface area contributed by atoms with E-state index in [0.29, 0.717) is 23.9 Å². The number of carboxylic acid groups (broad SMARTS) is 1. The normalized spacial score (nSPS) is 12.9. The maximum atomic E-state index is 12.9. The number of allylic oxidation sites excluding steroid dienone is 6. The van der Waals surface area contributed by atoms with Crippen molar-refractivity contribution in [3.8, 4) is 0 Å². The molecule has 0 fully saturated rings. The number of rotatable bonds is 58. The second-order valence-electron chi connectivity index (χ2n) is 22.4. The SMILES string of the molecule is CCCCCCC/C=C\C/C=C\C/C=C\CCCCCCCCCCC(=O)OC(COC(=O)CCCCCCCCCCCCCCCCCCCCCCCCCCC)COC(OCC[N+](C)(C)C)C(=O)O. The highest BCUT2D eigenvalue weighted by molar-refractivity contribution is 5.71. The van der Waals surface area contributed by atoms with Gasteiger partial charge in [0.1, 0.15) is 13.2 Å². The molecule has 0 rings (SSSR count). The van der Waals surface area contributed by atoms with E-state index in [4.69, 9.17) is 18.9 Å². The topological polar surface area (TPSA) is 108 Å². The van der Waals surface area contributed by atoms with E-state index in [9.17, 15) is 19.5 Å². The first kappa shape index (κ1) is 70.5. The van der Waals surface area contributed by atoms with Crippen molar-refractivity contribution in [3.63, 3.8) is 0 Å². The van der Waals surface area contributed by atoms with Crippen molar-refractivity contribution in [2.75, 3.05) is 47.5 Å². The van der Waals surface area contributed by atoms with E-state index in [-0.39, 0.29) is 32.2 Å². The zero-order valence-corrected chi connectivity index (χ0v) is 48.8. The molecule has 0 aliphatic heterocycles. The van der Waals surface area contributed by atoms with Crippen LogP contribution in [0.3, 0.4) is 0 Å². The van der Waals surface area contributed by atoms with Crippen LogP contribution in [0.4, 0.5) is 0 Å². The standard InChI is InChI=1S/C64H119NO8/c1-6-8-10-12-14-16-18-20-22-24-26-28-30-31-33-34-36-38-40-42-44-46-48-50-52-54-61(66)71-58-60(59-72-64(63(68)69)70-57-56-65(3,4)5)73-62(67)55-53-51-49-47-45-43-41-39-37-35-32-29-27-25-23-21-19-17-15-13-11-9-7-2/h19,21,25,27,32,35,60,64H,6-18,20,22-24,26,28-31,33-34,36-59H2,1-5H3/p+1/b21-19-,27-25-,35-32-. The van der Waals surface area contributed by atoms with Gasteiger partial charge in [-0.15, -0.1) is 0 Å². The number of aliphatic carboxylic acids is 1. The van der Waals surface area contributed by atoms with Crippen molar-refractivity contribution in [3.05, 3.63) is 36.5 Å². The smallest absolute Gasteiger partial charge is 0.361 e. The van der Waals surface area contributed by atoms with Gasteiger partial charge in [-0.2, -0.15) is 0 Å². The van der Waals surface area contributed by atoms with Gasteiger partial charge in [-0.05, 0) is 51.4 Å². The first-order valence-corrected chi connectivity index (χ1v) is 31.2. The quantitative estimate of drug-likeness (QED) is 0.0211. The number of carbonyl (C=O) groups is 3. The fraction of sp³-hybridized carbons (Fsp3) is 0.859. The summed E-state index contributed by atoms with van der Waals surface area (Å²) in [5.41, 5.74) is 0. The van der Waals surface area contributed by atoms with Gasteiger partial charge in [-0.3, -0.25) is 9.59 Å². The highest BCUT2D eigenvalue weighted by Gasteiger charge is 2.25. The molecule has 0 aromatic carbocycles. The lowest BCUT2D eigenvalue weighted by molar-refractivity contribution is -0.870.